The van der Waals surface area contributed by atoms with Crippen LogP contribution in [0.25, 0.3) is 0 Å². The number of nitrogens with zero attached hydrogens (tertiary/aromatic N) is 3. The zero-order valence-electron chi connectivity index (χ0n) is 15.5. The van der Waals surface area contributed by atoms with Gasteiger partial charge < -0.3 is 15.1 Å². The van der Waals surface area contributed by atoms with Crippen molar-refractivity contribution >= 4 is 23.3 Å². The Balaban J connectivity index is 1.62. The summed E-state index contributed by atoms with van der Waals surface area (Å²) in [7, 11) is 0. The molecule has 10 heteroatoms. The van der Waals surface area contributed by atoms with Crippen LogP contribution in [0.5, 0.6) is 0 Å². The summed E-state index contributed by atoms with van der Waals surface area (Å²) in [6, 6.07) is 16.3. The highest BCUT2D eigenvalue weighted by Gasteiger charge is 2.29. The molecule has 0 aliphatic carbocycles. The Morgan fingerprint density at radius 3 is 2.53 bits per heavy atom. The summed E-state index contributed by atoms with van der Waals surface area (Å²) >= 11 is 0. The number of aromatic nitrogens is 2. The molecule has 0 bridgehead atoms. The fraction of sp³-hybridized carbons (Fsp3) is 0.200. The molecule has 1 unspecified atom stereocenters. The monoisotopic (exact) mass is 415 g/mol. The first-order chi connectivity index (χ1) is 14.4. The standard InChI is InChI=1S/C20H16F3N5O2/c21-20(22,23)11-10-15-27-28-19(30-15)26-17-18(29)24-14-9-5-4-8-13(14)16(25-17)12-6-2-1-3-7-12/h1-9,17H,10-11H2,(H,24,29)(H,26,28). The number of para-hydroxylation sites is 1. The van der Waals surface area contributed by atoms with Crippen LogP contribution >= 0.6 is 0 Å². The van der Waals surface area contributed by atoms with E-state index in [9.17, 15) is 18.0 Å². The molecule has 1 aliphatic rings. The number of carbonyl (C=O) groups excluding carboxylic acids is 1. The first-order valence-corrected chi connectivity index (χ1v) is 9.08. The Labute approximate surface area is 169 Å². The number of rotatable bonds is 5. The number of aliphatic imine (C=N–C) groups is 1. The first-order valence-electron chi connectivity index (χ1n) is 9.08. The minimum Gasteiger partial charge on any atom is -0.408 e. The van der Waals surface area contributed by atoms with Crippen LogP contribution in [0.4, 0.5) is 24.9 Å². The van der Waals surface area contributed by atoms with Gasteiger partial charge in [0.1, 0.15) is 0 Å². The van der Waals surface area contributed by atoms with Gasteiger partial charge in [0.2, 0.25) is 12.1 Å². The molecule has 4 rings (SSSR count). The molecular formula is C20H16F3N5O2. The predicted molar refractivity (Wildman–Crippen MR) is 103 cm³/mol. The van der Waals surface area contributed by atoms with Crippen LogP contribution in [0.3, 0.4) is 0 Å². The Morgan fingerprint density at radius 2 is 1.77 bits per heavy atom. The Bertz CT molecular complexity index is 1080. The second-order valence-electron chi connectivity index (χ2n) is 6.54. The number of fused-ring (bicyclic) bond motifs is 1. The lowest BCUT2D eigenvalue weighted by Gasteiger charge is -2.11. The summed E-state index contributed by atoms with van der Waals surface area (Å²) in [5, 5.41) is 12.8. The fourth-order valence-electron chi connectivity index (χ4n) is 2.96. The molecule has 0 fully saturated rings. The fourth-order valence-corrected chi connectivity index (χ4v) is 2.96. The van der Waals surface area contributed by atoms with Crippen molar-refractivity contribution in [2.24, 2.45) is 4.99 Å². The predicted octanol–water partition coefficient (Wildman–Crippen LogP) is 3.79. The van der Waals surface area contributed by atoms with E-state index in [1.807, 2.05) is 42.5 Å². The van der Waals surface area contributed by atoms with Crippen LogP contribution in [0.15, 0.2) is 64.0 Å². The maximum absolute atomic E-state index is 12.7. The van der Waals surface area contributed by atoms with Crippen molar-refractivity contribution in [3.05, 3.63) is 71.6 Å². The van der Waals surface area contributed by atoms with Gasteiger partial charge in [0, 0.05) is 17.5 Å². The summed E-state index contributed by atoms with van der Waals surface area (Å²) in [6.07, 6.45) is -6.98. The smallest absolute Gasteiger partial charge is 0.389 e. The molecule has 154 valence electrons. The highest BCUT2D eigenvalue weighted by atomic mass is 19.4. The number of hydrogen-bond acceptors (Lipinski definition) is 6. The lowest BCUT2D eigenvalue weighted by Crippen LogP contribution is -2.32. The number of hydrogen-bond donors (Lipinski definition) is 2. The van der Waals surface area contributed by atoms with Gasteiger partial charge in [-0.1, -0.05) is 53.6 Å². The van der Waals surface area contributed by atoms with Crippen LogP contribution in [0.2, 0.25) is 0 Å². The first kappa shape index (κ1) is 19.6. The molecule has 1 amide bonds. The van der Waals surface area contributed by atoms with E-state index in [1.165, 1.54) is 0 Å². The Hall–Kier alpha value is -3.69. The van der Waals surface area contributed by atoms with Crippen LogP contribution in [-0.4, -0.2) is 34.2 Å². The van der Waals surface area contributed by atoms with Gasteiger partial charge in [-0.25, -0.2) is 4.99 Å². The van der Waals surface area contributed by atoms with E-state index in [0.29, 0.717) is 11.4 Å². The van der Waals surface area contributed by atoms with E-state index in [2.05, 4.69) is 25.8 Å². The lowest BCUT2D eigenvalue weighted by atomic mass is 10.0. The average Bonchev–Trinajstić information content (AvgIpc) is 3.12. The number of amides is 1. The second-order valence-corrected chi connectivity index (χ2v) is 6.54. The number of benzene rings is 2. The number of benzodiazepines with no additional fused rings is 1. The van der Waals surface area contributed by atoms with E-state index in [0.717, 1.165) is 11.1 Å². The summed E-state index contributed by atoms with van der Waals surface area (Å²) < 4.78 is 42.3. The molecule has 2 N–H and O–H groups in total. The molecule has 0 radical (unpaired) electrons. The third-order valence-electron chi connectivity index (χ3n) is 4.34. The van der Waals surface area contributed by atoms with Gasteiger partial charge in [0.15, 0.2) is 0 Å². The molecule has 3 aromatic rings. The summed E-state index contributed by atoms with van der Waals surface area (Å²) in [5.74, 6) is -0.650. The molecule has 1 atom stereocenters. The molecule has 2 heterocycles. The maximum atomic E-state index is 12.7. The molecule has 1 aliphatic heterocycles. The quantitative estimate of drug-likeness (QED) is 0.662. The maximum Gasteiger partial charge on any atom is 0.389 e. The number of anilines is 2. The van der Waals surface area contributed by atoms with E-state index in [4.69, 9.17) is 4.42 Å². The van der Waals surface area contributed by atoms with Gasteiger partial charge in [-0.05, 0) is 6.07 Å². The van der Waals surface area contributed by atoms with Gasteiger partial charge >= 0.3 is 12.2 Å². The van der Waals surface area contributed by atoms with Gasteiger partial charge in [-0.2, -0.15) is 13.2 Å². The SMILES string of the molecule is O=C1Nc2ccccc2C(c2ccccc2)=NC1Nc1nnc(CCC(F)(F)F)o1. The Morgan fingerprint density at radius 1 is 1.03 bits per heavy atom. The van der Waals surface area contributed by atoms with Gasteiger partial charge in [-0.15, -0.1) is 5.10 Å². The molecule has 30 heavy (non-hydrogen) atoms. The number of aryl methyl sites for hydroxylation is 1. The zero-order chi connectivity index (χ0) is 21.1. The van der Waals surface area contributed by atoms with Crippen molar-refractivity contribution in [2.75, 3.05) is 10.6 Å². The molecule has 1 aromatic heterocycles. The molecule has 0 spiro atoms. The van der Waals surface area contributed by atoms with Crippen LogP contribution in [0, 0.1) is 0 Å². The summed E-state index contributed by atoms with van der Waals surface area (Å²) in [6.45, 7) is 0. The average molecular weight is 415 g/mol. The molecule has 0 saturated heterocycles. The molecular weight excluding hydrogens is 399 g/mol. The minimum absolute atomic E-state index is 0.181. The van der Waals surface area contributed by atoms with Crippen LogP contribution in [-0.2, 0) is 11.2 Å². The number of carbonyl (C=O) groups is 1. The van der Waals surface area contributed by atoms with Crippen molar-refractivity contribution in [1.29, 1.82) is 0 Å². The van der Waals surface area contributed by atoms with Gasteiger partial charge in [0.25, 0.3) is 5.91 Å². The largest absolute Gasteiger partial charge is 0.408 e. The van der Waals surface area contributed by atoms with E-state index < -0.39 is 31.1 Å². The highest BCUT2D eigenvalue weighted by molar-refractivity contribution is 6.19. The third-order valence-corrected chi connectivity index (χ3v) is 4.34. The third kappa shape index (κ3) is 4.48. The lowest BCUT2D eigenvalue weighted by molar-refractivity contribution is -0.134. The molecule has 7 nitrogen and oxygen atoms in total. The van der Waals surface area contributed by atoms with Crippen molar-refractivity contribution < 1.29 is 22.4 Å². The number of halogens is 3. The van der Waals surface area contributed by atoms with Gasteiger partial charge in [0.05, 0.1) is 17.8 Å². The van der Waals surface area contributed by atoms with Crippen molar-refractivity contribution in [1.82, 2.24) is 10.2 Å². The number of nitrogens with one attached hydrogen (secondary N) is 2. The normalized spacial score (nSPS) is 16.3. The van der Waals surface area contributed by atoms with Crippen LogP contribution in [0.1, 0.15) is 23.4 Å². The molecule has 0 saturated carbocycles. The minimum atomic E-state index is -4.33. The number of alkyl halides is 3. The molecule has 2 aromatic carbocycles. The van der Waals surface area contributed by atoms with Gasteiger partial charge in [-0.3, -0.25) is 4.79 Å². The van der Waals surface area contributed by atoms with E-state index >= 15 is 0 Å². The van der Waals surface area contributed by atoms with E-state index in [-0.39, 0.29) is 11.9 Å². The zero-order valence-corrected chi connectivity index (χ0v) is 15.5. The highest BCUT2D eigenvalue weighted by Crippen LogP contribution is 2.25. The van der Waals surface area contributed by atoms with Crippen LogP contribution < -0.4 is 10.6 Å². The van der Waals surface area contributed by atoms with Crippen molar-refractivity contribution in [3.8, 4) is 0 Å². The summed E-state index contributed by atoms with van der Waals surface area (Å²) in [5.41, 5.74) is 2.69. The Kier molecular flexibility index (Phi) is 5.21. The van der Waals surface area contributed by atoms with E-state index in [1.54, 1.807) is 12.1 Å². The second kappa shape index (κ2) is 7.97. The van der Waals surface area contributed by atoms with Crippen molar-refractivity contribution in [2.45, 2.75) is 25.2 Å². The topological polar surface area (TPSA) is 92.4 Å². The summed E-state index contributed by atoms with van der Waals surface area (Å²) in [4.78, 5) is 17.2. The van der Waals surface area contributed by atoms with Crippen molar-refractivity contribution in [3.63, 3.8) is 0 Å².